The summed E-state index contributed by atoms with van der Waals surface area (Å²) >= 11 is 0. The largest absolute Gasteiger partial charge is 0.350 e. The van der Waals surface area contributed by atoms with Gasteiger partial charge in [-0.15, -0.1) is 5.11 Å². The zero-order valence-electron chi connectivity index (χ0n) is 11.0. The molecule has 0 aliphatic heterocycles. The first-order valence-corrected chi connectivity index (χ1v) is 6.38. The SMILES string of the molecule is O=c1c(N=Nc2ccccc2)c(Nc2ccccc2)c1=O. The normalized spacial score (nSPS) is 11.0. The fraction of sp³-hybridized carbons (Fsp3) is 0. The number of nitrogens with one attached hydrogen (secondary N) is 1. The van der Waals surface area contributed by atoms with Gasteiger partial charge in [-0.3, -0.25) is 9.59 Å². The van der Waals surface area contributed by atoms with Gasteiger partial charge in [0.2, 0.25) is 0 Å². The van der Waals surface area contributed by atoms with Crippen molar-refractivity contribution in [2.75, 3.05) is 5.32 Å². The lowest BCUT2D eigenvalue weighted by molar-refractivity contribution is 1.18. The van der Waals surface area contributed by atoms with Crippen molar-refractivity contribution in [1.29, 1.82) is 0 Å². The maximum absolute atomic E-state index is 11.6. The Balaban J connectivity index is 1.87. The number of para-hydroxylation sites is 1. The molecule has 0 spiro atoms. The fourth-order valence-electron chi connectivity index (χ4n) is 1.86. The molecule has 3 aromatic rings. The van der Waals surface area contributed by atoms with E-state index in [0.29, 0.717) is 5.69 Å². The number of azo groups is 1. The highest BCUT2D eigenvalue weighted by atomic mass is 16.2. The minimum Gasteiger partial charge on any atom is -0.350 e. The Hall–Kier alpha value is -3.08. The van der Waals surface area contributed by atoms with E-state index in [0.717, 1.165) is 5.69 Å². The molecular weight excluding hydrogens is 266 g/mol. The number of nitrogens with zero attached hydrogens (tertiary/aromatic N) is 2. The summed E-state index contributed by atoms with van der Waals surface area (Å²) in [5, 5.41) is 10.7. The molecule has 0 saturated heterocycles. The van der Waals surface area contributed by atoms with Gasteiger partial charge in [0.1, 0.15) is 5.69 Å². The van der Waals surface area contributed by atoms with Crippen LogP contribution in [0.5, 0.6) is 0 Å². The van der Waals surface area contributed by atoms with Crippen LogP contribution in [0.25, 0.3) is 0 Å². The molecule has 0 fully saturated rings. The molecule has 0 atom stereocenters. The van der Waals surface area contributed by atoms with Gasteiger partial charge in [-0.1, -0.05) is 36.4 Å². The van der Waals surface area contributed by atoms with Crippen molar-refractivity contribution in [2.45, 2.75) is 0 Å². The van der Waals surface area contributed by atoms with Crippen LogP contribution in [0.2, 0.25) is 0 Å². The molecule has 1 N–H and O–H groups in total. The van der Waals surface area contributed by atoms with Gasteiger partial charge in [-0.25, -0.2) is 0 Å². The number of anilines is 2. The molecule has 3 aromatic carbocycles. The summed E-state index contributed by atoms with van der Waals surface area (Å²) in [7, 11) is 0. The van der Waals surface area contributed by atoms with E-state index in [4.69, 9.17) is 0 Å². The van der Waals surface area contributed by atoms with Gasteiger partial charge in [0.15, 0.2) is 5.69 Å². The highest BCUT2D eigenvalue weighted by molar-refractivity contribution is 5.76. The summed E-state index contributed by atoms with van der Waals surface area (Å²) in [6, 6.07) is 18.2. The zero-order chi connectivity index (χ0) is 14.7. The monoisotopic (exact) mass is 277 g/mol. The first kappa shape index (κ1) is 12.9. The summed E-state index contributed by atoms with van der Waals surface area (Å²) in [6.07, 6.45) is 0. The molecule has 0 amide bonds. The topological polar surface area (TPSA) is 70.9 Å². The van der Waals surface area contributed by atoms with Crippen LogP contribution in [0, 0.1) is 0 Å². The first-order chi connectivity index (χ1) is 10.3. The van der Waals surface area contributed by atoms with Gasteiger partial charge in [0.05, 0.1) is 5.69 Å². The predicted octanol–water partition coefficient (Wildman–Crippen LogP) is 3.44. The number of hydrogen-bond donors (Lipinski definition) is 1. The van der Waals surface area contributed by atoms with Crippen LogP contribution in [0.3, 0.4) is 0 Å². The van der Waals surface area contributed by atoms with Crippen LogP contribution in [0.4, 0.5) is 22.7 Å². The average Bonchev–Trinajstić information content (AvgIpc) is 2.55. The zero-order valence-corrected chi connectivity index (χ0v) is 11.0. The van der Waals surface area contributed by atoms with E-state index < -0.39 is 10.9 Å². The van der Waals surface area contributed by atoms with Crippen LogP contribution in [0.1, 0.15) is 0 Å². The Labute approximate surface area is 120 Å². The van der Waals surface area contributed by atoms with E-state index in [1.165, 1.54) is 0 Å². The first-order valence-electron chi connectivity index (χ1n) is 6.38. The van der Waals surface area contributed by atoms with Crippen LogP contribution in [-0.2, 0) is 0 Å². The van der Waals surface area contributed by atoms with Crippen LogP contribution in [-0.4, -0.2) is 0 Å². The maximum atomic E-state index is 11.6. The van der Waals surface area contributed by atoms with E-state index in [-0.39, 0.29) is 11.4 Å². The minimum atomic E-state index is -0.617. The van der Waals surface area contributed by atoms with E-state index in [1.807, 2.05) is 36.4 Å². The van der Waals surface area contributed by atoms with Crippen molar-refractivity contribution >= 4 is 22.7 Å². The van der Waals surface area contributed by atoms with E-state index >= 15 is 0 Å². The molecule has 0 aromatic heterocycles. The second kappa shape index (κ2) is 5.50. The van der Waals surface area contributed by atoms with Gasteiger partial charge in [0, 0.05) is 5.69 Å². The molecule has 21 heavy (non-hydrogen) atoms. The quantitative estimate of drug-likeness (QED) is 0.586. The van der Waals surface area contributed by atoms with Crippen LogP contribution in [0.15, 0.2) is 80.5 Å². The molecule has 5 heteroatoms. The van der Waals surface area contributed by atoms with Crippen LogP contribution < -0.4 is 16.2 Å². The van der Waals surface area contributed by atoms with Crippen molar-refractivity contribution in [3.05, 3.63) is 81.1 Å². The molecule has 0 radical (unpaired) electrons. The third-order valence-electron chi connectivity index (χ3n) is 2.95. The summed E-state index contributed by atoms with van der Waals surface area (Å²) < 4.78 is 0. The molecule has 0 aliphatic rings. The van der Waals surface area contributed by atoms with Gasteiger partial charge in [-0.2, -0.15) is 5.11 Å². The Morgan fingerprint density at radius 3 is 2.00 bits per heavy atom. The summed E-state index contributed by atoms with van der Waals surface area (Å²) in [4.78, 5) is 23.2. The molecule has 0 aliphatic carbocycles. The van der Waals surface area contributed by atoms with Crippen LogP contribution >= 0.6 is 0 Å². The number of hydrogen-bond acceptors (Lipinski definition) is 5. The molecule has 5 nitrogen and oxygen atoms in total. The summed E-state index contributed by atoms with van der Waals surface area (Å²) in [6.45, 7) is 0. The van der Waals surface area contributed by atoms with E-state index in [9.17, 15) is 9.59 Å². The van der Waals surface area contributed by atoms with Gasteiger partial charge < -0.3 is 5.32 Å². The lowest BCUT2D eigenvalue weighted by Crippen LogP contribution is -2.32. The molecule has 102 valence electrons. The third kappa shape index (κ3) is 2.62. The standard InChI is InChI=1S/C16H11N3O2/c20-15-13(17-11-7-3-1-4-8-11)14(16(15)21)19-18-12-9-5-2-6-10-12/h1-10,17H. The van der Waals surface area contributed by atoms with Gasteiger partial charge in [0.25, 0.3) is 10.9 Å². The summed E-state index contributed by atoms with van der Waals surface area (Å²) in [5.41, 5.74) is 0.407. The minimum absolute atomic E-state index is 0.0627. The van der Waals surface area contributed by atoms with Gasteiger partial charge in [-0.05, 0) is 24.3 Å². The molecule has 0 heterocycles. The Morgan fingerprint density at radius 1 is 0.714 bits per heavy atom. The van der Waals surface area contributed by atoms with E-state index in [2.05, 4.69) is 15.5 Å². The van der Waals surface area contributed by atoms with Gasteiger partial charge >= 0.3 is 0 Å². The van der Waals surface area contributed by atoms with Crippen molar-refractivity contribution < 1.29 is 0 Å². The number of rotatable bonds is 4. The molecule has 0 bridgehead atoms. The van der Waals surface area contributed by atoms with Crippen molar-refractivity contribution in [2.24, 2.45) is 10.2 Å². The van der Waals surface area contributed by atoms with E-state index in [1.54, 1.807) is 24.3 Å². The highest BCUT2D eigenvalue weighted by Gasteiger charge is 2.20. The molecular formula is C16H11N3O2. The lowest BCUT2D eigenvalue weighted by Gasteiger charge is -2.09. The highest BCUT2D eigenvalue weighted by Crippen LogP contribution is 2.24. The molecule has 3 rings (SSSR count). The second-order valence-electron chi connectivity index (χ2n) is 4.41. The third-order valence-corrected chi connectivity index (χ3v) is 2.95. The lowest BCUT2D eigenvalue weighted by atomic mass is 10.2. The van der Waals surface area contributed by atoms with Crippen molar-refractivity contribution in [3.63, 3.8) is 0 Å². The Bertz CT molecular complexity index is 848. The average molecular weight is 277 g/mol. The summed E-state index contributed by atoms with van der Waals surface area (Å²) in [5.74, 6) is 0. The number of benzene rings is 2. The smallest absolute Gasteiger partial charge is 0.257 e. The Morgan fingerprint density at radius 2 is 1.33 bits per heavy atom. The van der Waals surface area contributed by atoms with Crippen molar-refractivity contribution in [3.8, 4) is 0 Å². The maximum Gasteiger partial charge on any atom is 0.257 e. The predicted molar refractivity (Wildman–Crippen MR) is 81.7 cm³/mol. The Kier molecular flexibility index (Phi) is 3.39. The second-order valence-corrected chi connectivity index (χ2v) is 4.41. The van der Waals surface area contributed by atoms with Crippen molar-refractivity contribution in [1.82, 2.24) is 0 Å². The fourth-order valence-corrected chi connectivity index (χ4v) is 1.86. The molecule has 0 saturated carbocycles. The molecule has 0 unspecified atom stereocenters.